The second kappa shape index (κ2) is 4.31. The summed E-state index contributed by atoms with van der Waals surface area (Å²) in [5, 5.41) is 0. The minimum atomic E-state index is 0.0909. The zero-order valence-corrected chi connectivity index (χ0v) is 10.2. The fourth-order valence-corrected chi connectivity index (χ4v) is 2.20. The molecule has 1 atom stereocenters. The van der Waals surface area contributed by atoms with Gasteiger partial charge in [0.25, 0.3) is 5.91 Å². The Morgan fingerprint density at radius 3 is 3.00 bits per heavy atom. The lowest BCUT2D eigenvalue weighted by molar-refractivity contribution is 0.0787. The van der Waals surface area contributed by atoms with Gasteiger partial charge in [0.2, 0.25) is 0 Å². The Balaban J connectivity index is 2.14. The third-order valence-electron chi connectivity index (χ3n) is 2.66. The lowest BCUT2D eigenvalue weighted by Gasteiger charge is -2.15. The van der Waals surface area contributed by atoms with Crippen LogP contribution in [-0.2, 0) is 0 Å². The number of likely N-dealkylation sites (tertiary alicyclic amines) is 1. The standard InChI is InChI=1S/C11H13BrN2O/c1-8-2-3-14(7-8)11(15)9-4-10(12)6-13-5-9/h4-6,8H,2-3,7H2,1H3. The van der Waals surface area contributed by atoms with Crippen molar-refractivity contribution in [3.05, 3.63) is 28.5 Å². The van der Waals surface area contributed by atoms with Crippen LogP contribution in [0.25, 0.3) is 0 Å². The molecule has 3 nitrogen and oxygen atoms in total. The number of amides is 1. The second-order valence-corrected chi connectivity index (χ2v) is 4.95. The number of hydrogen-bond acceptors (Lipinski definition) is 2. The van der Waals surface area contributed by atoms with Gasteiger partial charge < -0.3 is 4.90 Å². The summed E-state index contributed by atoms with van der Waals surface area (Å²) < 4.78 is 0.848. The number of nitrogens with zero attached hydrogens (tertiary/aromatic N) is 2. The molecule has 1 aromatic rings. The summed E-state index contributed by atoms with van der Waals surface area (Å²) in [5.74, 6) is 0.710. The van der Waals surface area contributed by atoms with Crippen LogP contribution in [0, 0.1) is 5.92 Å². The van der Waals surface area contributed by atoms with E-state index < -0.39 is 0 Å². The van der Waals surface area contributed by atoms with Gasteiger partial charge in [0, 0.05) is 30.0 Å². The maximum atomic E-state index is 12.0. The Morgan fingerprint density at radius 1 is 1.60 bits per heavy atom. The van der Waals surface area contributed by atoms with Gasteiger partial charge in [-0.05, 0) is 34.3 Å². The third kappa shape index (κ3) is 2.37. The second-order valence-electron chi connectivity index (χ2n) is 4.04. The summed E-state index contributed by atoms with van der Waals surface area (Å²) in [6, 6.07) is 1.82. The number of carbonyl (C=O) groups is 1. The van der Waals surface area contributed by atoms with Crippen LogP contribution in [-0.4, -0.2) is 28.9 Å². The van der Waals surface area contributed by atoms with Crippen molar-refractivity contribution < 1.29 is 4.79 Å². The van der Waals surface area contributed by atoms with Gasteiger partial charge in [-0.25, -0.2) is 0 Å². The summed E-state index contributed by atoms with van der Waals surface area (Å²) in [6.45, 7) is 3.91. The van der Waals surface area contributed by atoms with Crippen molar-refractivity contribution in [3.63, 3.8) is 0 Å². The van der Waals surface area contributed by atoms with E-state index in [1.54, 1.807) is 12.4 Å². The van der Waals surface area contributed by atoms with Crippen molar-refractivity contribution >= 4 is 21.8 Å². The number of carbonyl (C=O) groups excluding carboxylic acids is 1. The van der Waals surface area contributed by atoms with E-state index in [0.717, 1.165) is 24.0 Å². The smallest absolute Gasteiger partial charge is 0.255 e. The van der Waals surface area contributed by atoms with Crippen LogP contribution in [0.15, 0.2) is 22.9 Å². The van der Waals surface area contributed by atoms with Gasteiger partial charge in [-0.2, -0.15) is 0 Å². The van der Waals surface area contributed by atoms with Crippen LogP contribution >= 0.6 is 15.9 Å². The van der Waals surface area contributed by atoms with E-state index in [-0.39, 0.29) is 5.91 Å². The highest BCUT2D eigenvalue weighted by Crippen LogP contribution is 2.18. The Labute approximate surface area is 97.6 Å². The van der Waals surface area contributed by atoms with Gasteiger partial charge in [0.05, 0.1) is 5.56 Å². The Bertz CT molecular complexity index is 381. The number of aromatic nitrogens is 1. The Morgan fingerprint density at radius 2 is 2.40 bits per heavy atom. The van der Waals surface area contributed by atoms with E-state index in [2.05, 4.69) is 27.8 Å². The quantitative estimate of drug-likeness (QED) is 0.784. The van der Waals surface area contributed by atoms with Gasteiger partial charge >= 0.3 is 0 Å². The molecule has 2 rings (SSSR count). The first-order valence-corrected chi connectivity index (χ1v) is 5.86. The van der Waals surface area contributed by atoms with Crippen molar-refractivity contribution in [1.82, 2.24) is 9.88 Å². The molecule has 1 fully saturated rings. The average Bonchev–Trinajstić information content (AvgIpc) is 2.64. The first-order chi connectivity index (χ1) is 7.16. The summed E-state index contributed by atoms with van der Waals surface area (Å²) in [4.78, 5) is 17.9. The van der Waals surface area contributed by atoms with E-state index in [1.165, 1.54) is 0 Å². The van der Waals surface area contributed by atoms with Crippen LogP contribution in [0.3, 0.4) is 0 Å². The summed E-state index contributed by atoms with van der Waals surface area (Å²) in [6.07, 6.45) is 4.41. The minimum absolute atomic E-state index is 0.0909. The summed E-state index contributed by atoms with van der Waals surface area (Å²) in [7, 11) is 0. The van der Waals surface area contributed by atoms with E-state index >= 15 is 0 Å². The third-order valence-corrected chi connectivity index (χ3v) is 3.10. The summed E-state index contributed by atoms with van der Waals surface area (Å²) >= 11 is 3.32. The SMILES string of the molecule is CC1CCN(C(=O)c2cncc(Br)c2)C1. The molecule has 1 saturated heterocycles. The molecule has 15 heavy (non-hydrogen) atoms. The first kappa shape index (κ1) is 10.6. The highest BCUT2D eigenvalue weighted by Gasteiger charge is 2.24. The molecule has 0 radical (unpaired) electrons. The average molecular weight is 269 g/mol. The molecule has 0 N–H and O–H groups in total. The first-order valence-electron chi connectivity index (χ1n) is 5.06. The van der Waals surface area contributed by atoms with Gasteiger partial charge in [-0.1, -0.05) is 6.92 Å². The van der Waals surface area contributed by atoms with Crippen molar-refractivity contribution in [3.8, 4) is 0 Å². The lowest BCUT2D eigenvalue weighted by atomic mass is 10.2. The van der Waals surface area contributed by atoms with Crippen LogP contribution in [0.5, 0.6) is 0 Å². The number of rotatable bonds is 1. The zero-order chi connectivity index (χ0) is 10.8. The van der Waals surface area contributed by atoms with Crippen LogP contribution in [0.4, 0.5) is 0 Å². The normalized spacial score (nSPS) is 20.7. The van der Waals surface area contributed by atoms with Crippen molar-refractivity contribution in [2.45, 2.75) is 13.3 Å². The van der Waals surface area contributed by atoms with E-state index in [4.69, 9.17) is 0 Å². The van der Waals surface area contributed by atoms with Gasteiger partial charge in [-0.3, -0.25) is 9.78 Å². The highest BCUT2D eigenvalue weighted by atomic mass is 79.9. The van der Waals surface area contributed by atoms with Crippen LogP contribution in [0.1, 0.15) is 23.7 Å². The predicted molar refractivity (Wildman–Crippen MR) is 61.6 cm³/mol. The van der Waals surface area contributed by atoms with Crippen molar-refractivity contribution in [2.75, 3.05) is 13.1 Å². The van der Waals surface area contributed by atoms with E-state index in [0.29, 0.717) is 11.5 Å². The topological polar surface area (TPSA) is 33.2 Å². The molecule has 0 bridgehead atoms. The van der Waals surface area contributed by atoms with Crippen LogP contribution in [0.2, 0.25) is 0 Å². The van der Waals surface area contributed by atoms with Gasteiger partial charge in [0.1, 0.15) is 0 Å². The minimum Gasteiger partial charge on any atom is -0.338 e. The molecule has 0 aromatic carbocycles. The molecule has 4 heteroatoms. The Kier molecular flexibility index (Phi) is 3.05. The fraction of sp³-hybridized carbons (Fsp3) is 0.455. The molecule has 1 aromatic heterocycles. The molecule has 2 heterocycles. The lowest BCUT2D eigenvalue weighted by Crippen LogP contribution is -2.28. The molecule has 1 aliphatic heterocycles. The molecule has 0 spiro atoms. The van der Waals surface area contributed by atoms with E-state index in [9.17, 15) is 4.79 Å². The molecule has 0 aliphatic carbocycles. The maximum Gasteiger partial charge on any atom is 0.255 e. The number of hydrogen-bond donors (Lipinski definition) is 0. The molecule has 80 valence electrons. The largest absolute Gasteiger partial charge is 0.338 e. The summed E-state index contributed by atoms with van der Waals surface area (Å²) in [5.41, 5.74) is 0.665. The Hall–Kier alpha value is -0.900. The fourth-order valence-electron chi connectivity index (χ4n) is 1.83. The number of pyridine rings is 1. The molecular formula is C11H13BrN2O. The molecule has 1 aliphatic rings. The van der Waals surface area contributed by atoms with Crippen molar-refractivity contribution in [1.29, 1.82) is 0 Å². The van der Waals surface area contributed by atoms with Gasteiger partial charge in [0.15, 0.2) is 0 Å². The maximum absolute atomic E-state index is 12.0. The van der Waals surface area contributed by atoms with Gasteiger partial charge in [-0.15, -0.1) is 0 Å². The predicted octanol–water partition coefficient (Wildman–Crippen LogP) is 2.33. The molecule has 1 unspecified atom stereocenters. The van der Waals surface area contributed by atoms with E-state index in [1.807, 2.05) is 11.0 Å². The zero-order valence-electron chi connectivity index (χ0n) is 8.61. The molecule has 1 amide bonds. The monoisotopic (exact) mass is 268 g/mol. The molecule has 0 saturated carbocycles. The van der Waals surface area contributed by atoms with Crippen LogP contribution < -0.4 is 0 Å². The highest BCUT2D eigenvalue weighted by molar-refractivity contribution is 9.10. The number of halogens is 1. The van der Waals surface area contributed by atoms with Crippen molar-refractivity contribution in [2.24, 2.45) is 5.92 Å². The molecular weight excluding hydrogens is 256 g/mol.